The lowest BCUT2D eigenvalue weighted by atomic mass is 10.2. The molecule has 0 saturated heterocycles. The Bertz CT molecular complexity index is 521. The molecule has 14 heavy (non-hydrogen) atoms. The highest BCUT2D eigenvalue weighted by Crippen LogP contribution is 2.36. The van der Waals surface area contributed by atoms with Gasteiger partial charge in [0, 0.05) is 5.39 Å². The van der Waals surface area contributed by atoms with Gasteiger partial charge in [-0.2, -0.15) is 0 Å². The van der Waals surface area contributed by atoms with Crippen LogP contribution in [0.5, 0.6) is 0 Å². The minimum atomic E-state index is -0.633. The smallest absolute Gasteiger partial charge is 0.153 e. The van der Waals surface area contributed by atoms with E-state index in [1.165, 1.54) is 0 Å². The molecule has 1 heterocycles. The van der Waals surface area contributed by atoms with E-state index in [2.05, 4.69) is 0 Å². The van der Waals surface area contributed by atoms with E-state index in [9.17, 15) is 13.6 Å². The van der Waals surface area contributed by atoms with Gasteiger partial charge in [-0.3, -0.25) is 4.79 Å². The molecule has 0 saturated carbocycles. The number of fused-ring (bicyclic) bond motifs is 1. The first-order valence-corrected chi connectivity index (χ1v) is 4.85. The van der Waals surface area contributed by atoms with Crippen molar-refractivity contribution in [1.82, 2.24) is 0 Å². The molecule has 0 bridgehead atoms. The van der Waals surface area contributed by atoms with Crippen LogP contribution < -0.4 is 0 Å². The highest BCUT2D eigenvalue weighted by atomic mass is 35.5. The molecule has 0 spiro atoms. The Kier molecular flexibility index (Phi) is 2.25. The van der Waals surface area contributed by atoms with Crippen LogP contribution >= 0.6 is 22.9 Å². The average Bonchev–Trinajstić information content (AvgIpc) is 2.50. The van der Waals surface area contributed by atoms with Gasteiger partial charge in [0.2, 0.25) is 0 Å². The van der Waals surface area contributed by atoms with E-state index in [1.54, 1.807) is 0 Å². The second-order valence-electron chi connectivity index (χ2n) is 2.64. The van der Waals surface area contributed by atoms with Crippen LogP contribution in [0, 0.1) is 11.6 Å². The van der Waals surface area contributed by atoms with E-state index in [1.807, 2.05) is 0 Å². The molecule has 2 rings (SSSR count). The molecule has 2 aromatic rings. The Morgan fingerprint density at radius 3 is 2.57 bits per heavy atom. The number of hydrogen-bond acceptors (Lipinski definition) is 2. The quantitative estimate of drug-likeness (QED) is 0.686. The monoisotopic (exact) mass is 232 g/mol. The molecule has 0 aliphatic heterocycles. The van der Waals surface area contributed by atoms with Gasteiger partial charge in [-0.15, -0.1) is 11.3 Å². The van der Waals surface area contributed by atoms with Crippen LogP contribution in [-0.2, 0) is 0 Å². The lowest BCUT2D eigenvalue weighted by molar-refractivity contribution is 0.112. The van der Waals surface area contributed by atoms with E-state index in [0.29, 0.717) is 6.29 Å². The van der Waals surface area contributed by atoms with Gasteiger partial charge in [0.1, 0.15) is 16.0 Å². The number of halogens is 3. The van der Waals surface area contributed by atoms with Gasteiger partial charge in [-0.25, -0.2) is 8.78 Å². The van der Waals surface area contributed by atoms with Crippen LogP contribution in [-0.4, -0.2) is 6.29 Å². The summed E-state index contributed by atoms with van der Waals surface area (Å²) in [7, 11) is 0. The van der Waals surface area contributed by atoms with Crippen molar-refractivity contribution in [2.24, 2.45) is 0 Å². The maximum absolute atomic E-state index is 13.2. The first-order chi connectivity index (χ1) is 6.65. The first-order valence-electron chi connectivity index (χ1n) is 3.66. The van der Waals surface area contributed by atoms with Crippen LogP contribution in [0.4, 0.5) is 8.78 Å². The molecule has 0 amide bonds. The average molecular weight is 233 g/mol. The molecule has 1 nitrogen and oxygen atoms in total. The van der Waals surface area contributed by atoms with Crippen LogP contribution in [0.25, 0.3) is 10.1 Å². The summed E-state index contributed by atoms with van der Waals surface area (Å²) in [4.78, 5) is 10.6. The van der Waals surface area contributed by atoms with Crippen molar-refractivity contribution in [2.45, 2.75) is 0 Å². The van der Waals surface area contributed by atoms with Crippen LogP contribution in [0.3, 0.4) is 0 Å². The van der Waals surface area contributed by atoms with Crippen LogP contribution in [0.15, 0.2) is 12.1 Å². The topological polar surface area (TPSA) is 17.1 Å². The zero-order valence-electron chi connectivity index (χ0n) is 6.68. The fourth-order valence-electron chi connectivity index (χ4n) is 1.23. The largest absolute Gasteiger partial charge is 0.298 e. The molecule has 72 valence electrons. The lowest BCUT2D eigenvalue weighted by Gasteiger charge is -1.94. The summed E-state index contributed by atoms with van der Waals surface area (Å²) in [6.45, 7) is 0. The number of benzene rings is 1. The summed E-state index contributed by atoms with van der Waals surface area (Å²) < 4.78 is 26.6. The highest BCUT2D eigenvalue weighted by Gasteiger charge is 2.16. The highest BCUT2D eigenvalue weighted by molar-refractivity contribution is 7.23. The van der Waals surface area contributed by atoms with E-state index >= 15 is 0 Å². The fourth-order valence-corrected chi connectivity index (χ4v) is 2.52. The summed E-state index contributed by atoms with van der Waals surface area (Å²) in [6.07, 6.45) is 0.434. The van der Waals surface area contributed by atoms with Crippen LogP contribution in [0.1, 0.15) is 10.4 Å². The maximum Gasteiger partial charge on any atom is 0.153 e. The number of carbonyl (C=O) groups is 1. The van der Waals surface area contributed by atoms with E-state index in [-0.39, 0.29) is 20.0 Å². The maximum atomic E-state index is 13.2. The molecule has 0 atom stereocenters. The Hall–Kier alpha value is -1.00. The summed E-state index contributed by atoms with van der Waals surface area (Å²) in [5, 5.41) is -0.0324. The van der Waals surface area contributed by atoms with Gasteiger partial charge in [-0.05, 0) is 12.1 Å². The van der Waals surface area contributed by atoms with Crippen molar-refractivity contribution < 1.29 is 13.6 Å². The predicted molar refractivity (Wildman–Crippen MR) is 52.1 cm³/mol. The number of hydrogen-bond donors (Lipinski definition) is 0. The van der Waals surface area contributed by atoms with E-state index < -0.39 is 11.6 Å². The molecule has 1 aromatic carbocycles. The molecule has 0 aliphatic carbocycles. The van der Waals surface area contributed by atoms with Gasteiger partial charge in [0.15, 0.2) is 6.29 Å². The van der Waals surface area contributed by atoms with Crippen molar-refractivity contribution in [3.8, 4) is 0 Å². The van der Waals surface area contributed by atoms with Crippen molar-refractivity contribution in [1.29, 1.82) is 0 Å². The van der Waals surface area contributed by atoms with Gasteiger partial charge < -0.3 is 0 Å². The van der Waals surface area contributed by atoms with Gasteiger partial charge in [-0.1, -0.05) is 11.6 Å². The third-order valence-electron chi connectivity index (χ3n) is 1.85. The molecule has 0 radical (unpaired) electrons. The zero-order chi connectivity index (χ0) is 10.3. The summed E-state index contributed by atoms with van der Waals surface area (Å²) in [6, 6.07) is 1.99. The molecular formula is C9H3ClF2OS. The second kappa shape index (κ2) is 3.29. The van der Waals surface area contributed by atoms with Gasteiger partial charge in [0.25, 0.3) is 0 Å². The summed E-state index contributed by atoms with van der Waals surface area (Å²) in [5.41, 5.74) is 0.0173. The number of aldehydes is 1. The molecule has 1 aromatic heterocycles. The number of carbonyl (C=O) groups excluding carboxylic acids is 1. The minimum absolute atomic E-state index is 0.0173. The number of thiophene rings is 1. The standard InChI is InChI=1S/C9H3ClF2OS/c10-9-4(3-13)7-5(11)1-2-6(12)8(7)14-9/h1-3H. The van der Waals surface area contributed by atoms with Gasteiger partial charge >= 0.3 is 0 Å². The Morgan fingerprint density at radius 2 is 1.93 bits per heavy atom. The first kappa shape index (κ1) is 9.55. The van der Waals surface area contributed by atoms with Crippen molar-refractivity contribution in [2.75, 3.05) is 0 Å². The van der Waals surface area contributed by atoms with E-state index in [0.717, 1.165) is 23.5 Å². The molecule has 5 heteroatoms. The summed E-state index contributed by atoms with van der Waals surface area (Å²) in [5.74, 6) is -1.20. The Balaban J connectivity index is 3.00. The predicted octanol–water partition coefficient (Wildman–Crippen LogP) is 3.65. The lowest BCUT2D eigenvalue weighted by Crippen LogP contribution is -1.83. The Morgan fingerprint density at radius 1 is 1.29 bits per heavy atom. The minimum Gasteiger partial charge on any atom is -0.298 e. The normalized spacial score (nSPS) is 10.8. The third-order valence-corrected chi connectivity index (χ3v) is 3.29. The summed E-state index contributed by atoms with van der Waals surface area (Å²) >= 11 is 6.53. The molecular weight excluding hydrogens is 230 g/mol. The van der Waals surface area contributed by atoms with E-state index in [4.69, 9.17) is 11.6 Å². The van der Waals surface area contributed by atoms with Crippen molar-refractivity contribution in [3.63, 3.8) is 0 Å². The number of rotatable bonds is 1. The third kappa shape index (κ3) is 1.22. The molecule has 0 fully saturated rings. The van der Waals surface area contributed by atoms with Crippen molar-refractivity contribution >= 4 is 39.3 Å². The van der Waals surface area contributed by atoms with Crippen LogP contribution in [0.2, 0.25) is 4.34 Å². The van der Waals surface area contributed by atoms with Gasteiger partial charge in [0.05, 0.1) is 10.3 Å². The molecule has 0 N–H and O–H groups in total. The second-order valence-corrected chi connectivity index (χ2v) is 4.26. The SMILES string of the molecule is O=Cc1c(Cl)sc2c(F)ccc(F)c12. The fraction of sp³-hybridized carbons (Fsp3) is 0. The molecule has 0 aliphatic rings. The Labute approximate surface area is 86.9 Å². The zero-order valence-corrected chi connectivity index (χ0v) is 8.25. The van der Waals surface area contributed by atoms with Crippen molar-refractivity contribution in [3.05, 3.63) is 33.7 Å². The molecule has 0 unspecified atom stereocenters.